The van der Waals surface area contributed by atoms with E-state index in [2.05, 4.69) is 43.5 Å². The highest BCUT2D eigenvalue weighted by molar-refractivity contribution is 14.1. The normalized spacial score (nSPS) is 18.1. The van der Waals surface area contributed by atoms with Crippen molar-refractivity contribution in [2.75, 3.05) is 6.54 Å². The third-order valence-corrected chi connectivity index (χ3v) is 2.99. The molecule has 0 amide bonds. The van der Waals surface area contributed by atoms with E-state index in [0.29, 0.717) is 12.4 Å². The van der Waals surface area contributed by atoms with Crippen LogP contribution in [0.3, 0.4) is 0 Å². The van der Waals surface area contributed by atoms with Gasteiger partial charge in [-0.3, -0.25) is 0 Å². The van der Waals surface area contributed by atoms with E-state index in [1.165, 1.54) is 0 Å². The summed E-state index contributed by atoms with van der Waals surface area (Å²) in [6.07, 6.45) is 0. The number of rotatable bonds is 1. The molecule has 0 spiro atoms. The van der Waals surface area contributed by atoms with Gasteiger partial charge in [-0.05, 0) is 40.8 Å². The summed E-state index contributed by atoms with van der Waals surface area (Å²) in [5, 5.41) is 0. The van der Waals surface area contributed by atoms with Crippen LogP contribution in [0.5, 0.6) is 0 Å². The van der Waals surface area contributed by atoms with E-state index in [9.17, 15) is 0 Å². The lowest BCUT2D eigenvalue weighted by Crippen LogP contribution is -1.99. The van der Waals surface area contributed by atoms with Crippen LogP contribution in [0.2, 0.25) is 0 Å². The summed E-state index contributed by atoms with van der Waals surface area (Å²) in [5.74, 6) is 1.61. The summed E-state index contributed by atoms with van der Waals surface area (Å²) in [6, 6.07) is 7.93. The Hall–Kier alpha value is -0.360. The zero-order valence-corrected chi connectivity index (χ0v) is 10.9. The van der Waals surface area contributed by atoms with Gasteiger partial charge in [-0.1, -0.05) is 22.0 Å². The molecule has 4 heteroatoms. The minimum atomic E-state index is 0.644. The van der Waals surface area contributed by atoms with E-state index in [1.807, 2.05) is 28.3 Å². The zero-order chi connectivity index (χ0) is 9.97. The standard InChI is InChI=1S/C10H7BrINO/c11-8-3-1-2-7(4-8)10-13-6-9(5-12)14-10/h1-5H,6H2/b9-5+. The maximum absolute atomic E-state index is 5.53. The fourth-order valence-corrected chi connectivity index (χ4v) is 1.89. The van der Waals surface area contributed by atoms with Crippen molar-refractivity contribution in [3.63, 3.8) is 0 Å². The van der Waals surface area contributed by atoms with Crippen molar-refractivity contribution in [2.24, 2.45) is 4.99 Å². The van der Waals surface area contributed by atoms with E-state index in [0.717, 1.165) is 15.8 Å². The molecule has 0 aliphatic carbocycles. The lowest BCUT2D eigenvalue weighted by Gasteiger charge is -2.01. The van der Waals surface area contributed by atoms with Crippen molar-refractivity contribution < 1.29 is 4.74 Å². The number of benzene rings is 1. The first kappa shape index (κ1) is 10.2. The maximum Gasteiger partial charge on any atom is 0.222 e. The monoisotopic (exact) mass is 363 g/mol. The van der Waals surface area contributed by atoms with Gasteiger partial charge in [-0.15, -0.1) is 0 Å². The minimum Gasteiger partial charge on any atom is -0.441 e. The van der Waals surface area contributed by atoms with Crippen LogP contribution < -0.4 is 0 Å². The molecule has 1 aliphatic rings. The maximum atomic E-state index is 5.53. The molecule has 2 nitrogen and oxygen atoms in total. The predicted octanol–water partition coefficient (Wildman–Crippen LogP) is 3.50. The van der Waals surface area contributed by atoms with Crippen molar-refractivity contribution >= 4 is 44.4 Å². The first-order valence-corrected chi connectivity index (χ1v) is 6.11. The molecule has 1 heterocycles. The van der Waals surface area contributed by atoms with Crippen LogP contribution in [0.1, 0.15) is 5.56 Å². The molecular weight excluding hydrogens is 357 g/mol. The Morgan fingerprint density at radius 2 is 2.36 bits per heavy atom. The molecular formula is C10H7BrINO. The fourth-order valence-electron chi connectivity index (χ4n) is 1.17. The van der Waals surface area contributed by atoms with Crippen LogP contribution in [0.25, 0.3) is 0 Å². The largest absolute Gasteiger partial charge is 0.441 e. The molecule has 0 fully saturated rings. The Labute approximate surface area is 104 Å². The number of halogens is 2. The van der Waals surface area contributed by atoms with Gasteiger partial charge in [0.1, 0.15) is 12.3 Å². The zero-order valence-electron chi connectivity index (χ0n) is 7.21. The van der Waals surface area contributed by atoms with Crippen LogP contribution in [-0.2, 0) is 4.74 Å². The van der Waals surface area contributed by atoms with Crippen LogP contribution in [0.4, 0.5) is 0 Å². The molecule has 1 aliphatic heterocycles. The van der Waals surface area contributed by atoms with Crippen molar-refractivity contribution in [3.05, 3.63) is 44.1 Å². The number of hydrogen-bond donors (Lipinski definition) is 0. The Kier molecular flexibility index (Phi) is 3.22. The first-order chi connectivity index (χ1) is 6.79. The lowest BCUT2D eigenvalue weighted by molar-refractivity contribution is 0.442. The Bertz CT molecular complexity index is 414. The Morgan fingerprint density at radius 3 is 3.00 bits per heavy atom. The van der Waals surface area contributed by atoms with Crippen molar-refractivity contribution in [3.8, 4) is 0 Å². The molecule has 1 aromatic rings. The SMILES string of the molecule is Brc1cccc(C2=NC/C(=C\I)O2)c1. The molecule has 14 heavy (non-hydrogen) atoms. The molecule has 1 aromatic carbocycles. The van der Waals surface area contributed by atoms with Crippen LogP contribution in [-0.4, -0.2) is 12.4 Å². The van der Waals surface area contributed by atoms with Crippen LogP contribution >= 0.6 is 38.5 Å². The van der Waals surface area contributed by atoms with E-state index in [1.54, 1.807) is 0 Å². The average molecular weight is 364 g/mol. The van der Waals surface area contributed by atoms with E-state index in [4.69, 9.17) is 4.74 Å². The van der Waals surface area contributed by atoms with E-state index >= 15 is 0 Å². The highest BCUT2D eigenvalue weighted by Gasteiger charge is 2.14. The van der Waals surface area contributed by atoms with Gasteiger partial charge in [-0.25, -0.2) is 4.99 Å². The minimum absolute atomic E-state index is 0.644. The van der Waals surface area contributed by atoms with Gasteiger partial charge >= 0.3 is 0 Å². The van der Waals surface area contributed by atoms with Crippen molar-refractivity contribution in [2.45, 2.75) is 0 Å². The second kappa shape index (κ2) is 4.44. The average Bonchev–Trinajstić information content (AvgIpc) is 2.66. The molecule has 0 aromatic heterocycles. The van der Waals surface area contributed by atoms with Gasteiger partial charge < -0.3 is 4.74 Å². The summed E-state index contributed by atoms with van der Waals surface area (Å²) in [4.78, 5) is 4.30. The number of aliphatic imine (C=N–C) groups is 1. The predicted molar refractivity (Wildman–Crippen MR) is 68.7 cm³/mol. The van der Waals surface area contributed by atoms with Gasteiger partial charge in [0.05, 0.1) is 0 Å². The Balaban J connectivity index is 2.26. The second-order valence-electron chi connectivity index (χ2n) is 2.81. The van der Waals surface area contributed by atoms with Crippen LogP contribution in [0.15, 0.2) is 43.6 Å². The van der Waals surface area contributed by atoms with Crippen molar-refractivity contribution in [1.29, 1.82) is 0 Å². The highest BCUT2D eigenvalue weighted by atomic mass is 127. The molecule has 0 unspecified atom stereocenters. The fraction of sp³-hybridized carbons (Fsp3) is 0.100. The Morgan fingerprint density at radius 1 is 1.50 bits per heavy atom. The topological polar surface area (TPSA) is 21.6 Å². The van der Waals surface area contributed by atoms with Gasteiger partial charge in [0, 0.05) is 14.1 Å². The summed E-state index contributed by atoms with van der Waals surface area (Å²) in [5.41, 5.74) is 1.01. The first-order valence-electron chi connectivity index (χ1n) is 4.07. The molecule has 0 N–H and O–H groups in total. The van der Waals surface area contributed by atoms with Crippen LogP contribution in [0, 0.1) is 0 Å². The third kappa shape index (κ3) is 2.17. The third-order valence-electron chi connectivity index (χ3n) is 1.80. The molecule has 0 atom stereocenters. The van der Waals surface area contributed by atoms with Crippen molar-refractivity contribution in [1.82, 2.24) is 0 Å². The molecule has 0 saturated heterocycles. The highest BCUT2D eigenvalue weighted by Crippen LogP contribution is 2.18. The summed E-state index contributed by atoms with van der Waals surface area (Å²) < 4.78 is 8.48. The van der Waals surface area contributed by atoms with E-state index < -0.39 is 0 Å². The van der Waals surface area contributed by atoms with E-state index in [-0.39, 0.29) is 0 Å². The number of hydrogen-bond acceptors (Lipinski definition) is 2. The summed E-state index contributed by atoms with van der Waals surface area (Å²) in [7, 11) is 0. The van der Waals surface area contributed by atoms with Gasteiger partial charge in [0.2, 0.25) is 5.90 Å². The molecule has 2 rings (SSSR count). The van der Waals surface area contributed by atoms with Gasteiger partial charge in [0.15, 0.2) is 0 Å². The number of nitrogens with zero attached hydrogens (tertiary/aromatic N) is 1. The lowest BCUT2D eigenvalue weighted by atomic mass is 10.2. The summed E-state index contributed by atoms with van der Waals surface area (Å²) >= 11 is 5.57. The van der Waals surface area contributed by atoms with Gasteiger partial charge in [-0.2, -0.15) is 0 Å². The molecule has 0 saturated carbocycles. The smallest absolute Gasteiger partial charge is 0.222 e. The summed E-state index contributed by atoms with van der Waals surface area (Å²) in [6.45, 7) is 0.644. The quantitative estimate of drug-likeness (QED) is 0.700. The van der Waals surface area contributed by atoms with Gasteiger partial charge in [0.25, 0.3) is 0 Å². The number of ether oxygens (including phenoxy) is 1. The second-order valence-corrected chi connectivity index (χ2v) is 4.35. The molecule has 0 bridgehead atoms. The molecule has 0 radical (unpaired) electrons. The molecule has 72 valence electrons.